The molecular formula is C15H24O3. The van der Waals surface area contributed by atoms with Crippen molar-refractivity contribution in [3.05, 3.63) is 23.8 Å². The van der Waals surface area contributed by atoms with Crippen LogP contribution in [0.1, 0.15) is 40.0 Å². The molecule has 3 nitrogen and oxygen atoms in total. The van der Waals surface area contributed by atoms with Crippen molar-refractivity contribution in [3.63, 3.8) is 0 Å². The zero-order valence-corrected chi connectivity index (χ0v) is 11.5. The number of hydrogen-bond donors (Lipinski definition) is 3. The van der Waals surface area contributed by atoms with Crippen molar-refractivity contribution in [2.45, 2.75) is 51.2 Å². The summed E-state index contributed by atoms with van der Waals surface area (Å²) in [5.41, 5.74) is -1.01. The summed E-state index contributed by atoms with van der Waals surface area (Å²) in [7, 11) is 0. The predicted molar refractivity (Wildman–Crippen MR) is 71.0 cm³/mol. The Kier molecular flexibility index (Phi) is 3.21. The summed E-state index contributed by atoms with van der Waals surface area (Å²) in [6.07, 6.45) is 7.34. The summed E-state index contributed by atoms with van der Waals surface area (Å²) in [6.45, 7) is 5.83. The van der Waals surface area contributed by atoms with Crippen LogP contribution in [0.25, 0.3) is 0 Å². The van der Waals surface area contributed by atoms with E-state index in [4.69, 9.17) is 0 Å². The van der Waals surface area contributed by atoms with Crippen LogP contribution in [-0.2, 0) is 0 Å². The molecule has 2 aliphatic rings. The van der Waals surface area contributed by atoms with Gasteiger partial charge in [0, 0.05) is 5.92 Å². The van der Waals surface area contributed by atoms with E-state index >= 15 is 0 Å². The number of rotatable bonds is 1. The molecule has 0 heterocycles. The number of aliphatic hydroxyl groups is 3. The molecule has 2 aliphatic carbocycles. The highest BCUT2D eigenvalue weighted by molar-refractivity contribution is 5.28. The lowest BCUT2D eigenvalue weighted by Gasteiger charge is -2.60. The van der Waals surface area contributed by atoms with E-state index in [1.807, 2.05) is 6.08 Å². The monoisotopic (exact) mass is 252 g/mol. The first-order chi connectivity index (χ1) is 8.22. The highest BCUT2D eigenvalue weighted by atomic mass is 16.3. The normalized spacial score (nSPS) is 43.0. The molecule has 3 heteroatoms. The Morgan fingerprint density at radius 1 is 1.22 bits per heavy atom. The van der Waals surface area contributed by atoms with Gasteiger partial charge in [0.25, 0.3) is 0 Å². The lowest BCUT2D eigenvalue weighted by atomic mass is 9.48. The number of aliphatic hydroxyl groups excluding tert-OH is 1. The van der Waals surface area contributed by atoms with Crippen LogP contribution >= 0.6 is 0 Å². The molecule has 0 aromatic carbocycles. The van der Waals surface area contributed by atoms with Gasteiger partial charge in [0.05, 0.1) is 17.8 Å². The van der Waals surface area contributed by atoms with Crippen LogP contribution in [0.4, 0.5) is 0 Å². The van der Waals surface area contributed by atoms with E-state index in [0.29, 0.717) is 12.8 Å². The third kappa shape index (κ3) is 2.04. The fraction of sp³-hybridized carbons (Fsp3) is 0.733. The standard InChI is InChI=1S/C15H24O3/c1-13(2)9-12-11(10-16)5-4-6-14(3,17)7-8-15(12,13)18/h4-6,12,16-18H,7-10H2,1-3H3/t12?,14-,15+/m1/s1. The average molecular weight is 252 g/mol. The maximum atomic E-state index is 10.9. The molecule has 1 fully saturated rings. The van der Waals surface area contributed by atoms with Gasteiger partial charge in [0.1, 0.15) is 0 Å². The third-order valence-electron chi connectivity index (χ3n) is 4.87. The summed E-state index contributed by atoms with van der Waals surface area (Å²) in [5.74, 6) is 0.0102. The van der Waals surface area contributed by atoms with Gasteiger partial charge >= 0.3 is 0 Å². The van der Waals surface area contributed by atoms with Gasteiger partial charge in [-0.1, -0.05) is 32.1 Å². The minimum atomic E-state index is -0.895. The average Bonchev–Trinajstić information content (AvgIpc) is 2.32. The van der Waals surface area contributed by atoms with Crippen molar-refractivity contribution in [1.82, 2.24) is 0 Å². The zero-order valence-electron chi connectivity index (χ0n) is 11.5. The Morgan fingerprint density at radius 3 is 2.44 bits per heavy atom. The van der Waals surface area contributed by atoms with Gasteiger partial charge in [-0.2, -0.15) is 0 Å². The first-order valence-corrected chi connectivity index (χ1v) is 6.66. The maximum absolute atomic E-state index is 10.9. The van der Waals surface area contributed by atoms with Crippen LogP contribution in [-0.4, -0.2) is 33.1 Å². The maximum Gasteiger partial charge on any atom is 0.0803 e. The van der Waals surface area contributed by atoms with Crippen LogP contribution in [0.2, 0.25) is 0 Å². The predicted octanol–water partition coefficient (Wildman–Crippen LogP) is 1.78. The topological polar surface area (TPSA) is 60.7 Å². The second-order valence-corrected chi connectivity index (χ2v) is 6.68. The molecule has 0 saturated heterocycles. The highest BCUT2D eigenvalue weighted by Gasteiger charge is 2.60. The van der Waals surface area contributed by atoms with Crippen molar-refractivity contribution >= 4 is 0 Å². The molecule has 0 radical (unpaired) electrons. The minimum absolute atomic E-state index is 0.0102. The molecule has 102 valence electrons. The number of allylic oxidation sites excluding steroid dienone is 2. The van der Waals surface area contributed by atoms with Gasteiger partial charge in [0.15, 0.2) is 0 Å². The van der Waals surface area contributed by atoms with E-state index in [2.05, 4.69) is 13.8 Å². The summed E-state index contributed by atoms with van der Waals surface area (Å²) in [5, 5.41) is 30.6. The van der Waals surface area contributed by atoms with E-state index in [9.17, 15) is 15.3 Å². The molecule has 0 aliphatic heterocycles. The first-order valence-electron chi connectivity index (χ1n) is 6.66. The van der Waals surface area contributed by atoms with Gasteiger partial charge in [-0.3, -0.25) is 0 Å². The lowest BCUT2D eigenvalue weighted by molar-refractivity contribution is -0.197. The van der Waals surface area contributed by atoms with E-state index < -0.39 is 11.2 Å². The summed E-state index contributed by atoms with van der Waals surface area (Å²) in [6, 6.07) is 0. The minimum Gasteiger partial charge on any atom is -0.392 e. The molecule has 0 aromatic heterocycles. The molecule has 0 amide bonds. The van der Waals surface area contributed by atoms with Gasteiger partial charge in [0.2, 0.25) is 0 Å². The van der Waals surface area contributed by atoms with Gasteiger partial charge in [-0.05, 0) is 37.2 Å². The van der Waals surface area contributed by atoms with E-state index in [1.54, 1.807) is 19.1 Å². The van der Waals surface area contributed by atoms with Gasteiger partial charge < -0.3 is 15.3 Å². The van der Waals surface area contributed by atoms with Crippen molar-refractivity contribution in [1.29, 1.82) is 0 Å². The molecule has 3 N–H and O–H groups in total. The Bertz CT molecular complexity index is 393. The van der Waals surface area contributed by atoms with Crippen molar-refractivity contribution in [2.24, 2.45) is 11.3 Å². The summed E-state index contributed by atoms with van der Waals surface area (Å²) < 4.78 is 0. The summed E-state index contributed by atoms with van der Waals surface area (Å²) in [4.78, 5) is 0. The Balaban J connectivity index is 2.36. The molecule has 3 atom stereocenters. The fourth-order valence-electron chi connectivity index (χ4n) is 3.33. The highest BCUT2D eigenvalue weighted by Crippen LogP contribution is 2.59. The Morgan fingerprint density at radius 2 is 1.89 bits per heavy atom. The van der Waals surface area contributed by atoms with E-state index in [0.717, 1.165) is 12.0 Å². The molecular weight excluding hydrogens is 228 g/mol. The van der Waals surface area contributed by atoms with Crippen LogP contribution in [0.3, 0.4) is 0 Å². The molecule has 0 spiro atoms. The van der Waals surface area contributed by atoms with E-state index in [-0.39, 0.29) is 17.9 Å². The third-order valence-corrected chi connectivity index (χ3v) is 4.87. The second kappa shape index (κ2) is 4.19. The molecule has 1 saturated carbocycles. The number of hydrogen-bond acceptors (Lipinski definition) is 3. The molecule has 0 bridgehead atoms. The zero-order chi connectivity index (χ0) is 13.6. The first kappa shape index (κ1) is 13.8. The lowest BCUT2D eigenvalue weighted by Crippen LogP contribution is -2.62. The molecule has 0 aromatic rings. The summed E-state index contributed by atoms with van der Waals surface area (Å²) >= 11 is 0. The molecule has 1 unspecified atom stereocenters. The Hall–Kier alpha value is -0.640. The van der Waals surface area contributed by atoms with E-state index in [1.165, 1.54) is 0 Å². The smallest absolute Gasteiger partial charge is 0.0803 e. The van der Waals surface area contributed by atoms with Gasteiger partial charge in [-0.25, -0.2) is 0 Å². The van der Waals surface area contributed by atoms with Crippen LogP contribution in [0, 0.1) is 11.3 Å². The quantitative estimate of drug-likeness (QED) is 0.666. The SMILES string of the molecule is CC1(C)CC2C(CO)=CC=C[C@@](C)(O)CC[C@]21O. The van der Waals surface area contributed by atoms with Crippen LogP contribution < -0.4 is 0 Å². The molecule has 2 rings (SSSR count). The largest absolute Gasteiger partial charge is 0.392 e. The van der Waals surface area contributed by atoms with Crippen molar-refractivity contribution < 1.29 is 15.3 Å². The van der Waals surface area contributed by atoms with Gasteiger partial charge in [-0.15, -0.1) is 0 Å². The van der Waals surface area contributed by atoms with Crippen molar-refractivity contribution in [2.75, 3.05) is 6.61 Å². The molecule has 18 heavy (non-hydrogen) atoms. The van der Waals surface area contributed by atoms with Crippen molar-refractivity contribution in [3.8, 4) is 0 Å². The number of fused-ring (bicyclic) bond motifs is 1. The van der Waals surface area contributed by atoms with Crippen LogP contribution in [0.5, 0.6) is 0 Å². The fourth-order valence-corrected chi connectivity index (χ4v) is 3.33. The Labute approximate surface area is 109 Å². The second-order valence-electron chi connectivity index (χ2n) is 6.68. The van der Waals surface area contributed by atoms with Crippen LogP contribution in [0.15, 0.2) is 23.8 Å².